The van der Waals surface area contributed by atoms with Gasteiger partial charge in [-0.25, -0.2) is 9.50 Å². The van der Waals surface area contributed by atoms with Gasteiger partial charge in [0.2, 0.25) is 11.1 Å². The molecule has 0 aliphatic heterocycles. The van der Waals surface area contributed by atoms with Crippen molar-refractivity contribution in [1.29, 1.82) is 0 Å². The zero-order valence-corrected chi connectivity index (χ0v) is 15.6. The number of carbonyl (C=O) groups is 1. The number of nitrogens with zero attached hydrogens (tertiary/aromatic N) is 4. The molecule has 1 amide bonds. The fourth-order valence-electron chi connectivity index (χ4n) is 3.24. The molecule has 0 saturated heterocycles. The molecular formula is C17H25N5OS. The molecule has 2 heterocycles. The van der Waals surface area contributed by atoms with Crippen LogP contribution in [0.3, 0.4) is 0 Å². The van der Waals surface area contributed by atoms with E-state index in [2.05, 4.69) is 27.3 Å². The maximum atomic E-state index is 12.5. The Morgan fingerprint density at radius 1 is 1.33 bits per heavy atom. The molecular weight excluding hydrogens is 322 g/mol. The average Bonchev–Trinajstić information content (AvgIpc) is 2.92. The molecule has 1 aliphatic rings. The molecule has 0 radical (unpaired) electrons. The third-order valence-electron chi connectivity index (χ3n) is 4.69. The quantitative estimate of drug-likeness (QED) is 0.861. The van der Waals surface area contributed by atoms with E-state index in [1.165, 1.54) is 31.0 Å². The van der Waals surface area contributed by atoms with Gasteiger partial charge in [-0.1, -0.05) is 31.5 Å². The molecule has 0 aromatic carbocycles. The highest BCUT2D eigenvalue weighted by atomic mass is 32.2. The molecule has 3 atom stereocenters. The van der Waals surface area contributed by atoms with Crippen LogP contribution in [-0.2, 0) is 4.79 Å². The minimum Gasteiger partial charge on any atom is -0.352 e. The minimum absolute atomic E-state index is 0.0680. The summed E-state index contributed by atoms with van der Waals surface area (Å²) in [5, 5.41) is 8.04. The predicted molar refractivity (Wildman–Crippen MR) is 95.1 cm³/mol. The van der Waals surface area contributed by atoms with E-state index in [1.807, 2.05) is 26.8 Å². The summed E-state index contributed by atoms with van der Waals surface area (Å²) in [7, 11) is 0. The van der Waals surface area contributed by atoms with Gasteiger partial charge in [0.05, 0.1) is 5.25 Å². The van der Waals surface area contributed by atoms with Gasteiger partial charge in [0.1, 0.15) is 0 Å². The van der Waals surface area contributed by atoms with Gasteiger partial charge in [-0.15, -0.1) is 5.10 Å². The number of rotatable bonds is 4. The van der Waals surface area contributed by atoms with Crippen LogP contribution >= 0.6 is 11.8 Å². The molecule has 2 aromatic heterocycles. The molecule has 3 rings (SSSR count). The number of aromatic nitrogens is 4. The van der Waals surface area contributed by atoms with E-state index in [0.717, 1.165) is 17.8 Å². The van der Waals surface area contributed by atoms with Crippen LogP contribution in [0.15, 0.2) is 11.2 Å². The van der Waals surface area contributed by atoms with Crippen LogP contribution in [0.4, 0.5) is 0 Å². The summed E-state index contributed by atoms with van der Waals surface area (Å²) in [5.41, 5.74) is 1.91. The second kappa shape index (κ2) is 7.09. The van der Waals surface area contributed by atoms with Gasteiger partial charge in [0, 0.05) is 17.4 Å². The highest BCUT2D eigenvalue weighted by molar-refractivity contribution is 8.00. The molecule has 1 saturated carbocycles. The molecule has 6 nitrogen and oxygen atoms in total. The van der Waals surface area contributed by atoms with E-state index in [9.17, 15) is 4.79 Å². The Morgan fingerprint density at radius 2 is 2.08 bits per heavy atom. The molecule has 0 unspecified atom stereocenters. The van der Waals surface area contributed by atoms with Gasteiger partial charge < -0.3 is 5.32 Å². The standard InChI is InChI=1S/C17H25N5OS/c1-10-7-5-6-8-14(10)19-15(23)13(4)24-17-20-16-18-11(2)9-12(3)22(16)21-17/h9-10,13-14H,5-8H2,1-4H3,(H,19,23)/t10-,13+,14+/m0/s1. The molecule has 7 heteroatoms. The molecule has 0 bridgehead atoms. The first-order chi connectivity index (χ1) is 11.4. The average molecular weight is 347 g/mol. The maximum Gasteiger partial charge on any atom is 0.253 e. The largest absolute Gasteiger partial charge is 0.352 e. The Kier molecular flexibility index (Phi) is 5.08. The van der Waals surface area contributed by atoms with Crippen molar-refractivity contribution in [2.24, 2.45) is 5.92 Å². The Hall–Kier alpha value is -1.63. The van der Waals surface area contributed by atoms with Gasteiger partial charge in [0.25, 0.3) is 5.78 Å². The van der Waals surface area contributed by atoms with Crippen molar-refractivity contribution in [3.63, 3.8) is 0 Å². The van der Waals surface area contributed by atoms with E-state index in [4.69, 9.17) is 0 Å². The lowest BCUT2D eigenvalue weighted by atomic mass is 9.86. The Balaban J connectivity index is 1.66. The number of amides is 1. The van der Waals surface area contributed by atoms with E-state index in [-0.39, 0.29) is 11.2 Å². The molecule has 1 aliphatic carbocycles. The van der Waals surface area contributed by atoms with Gasteiger partial charge in [0.15, 0.2) is 0 Å². The van der Waals surface area contributed by atoms with Crippen molar-refractivity contribution in [2.45, 2.75) is 69.8 Å². The van der Waals surface area contributed by atoms with Crippen molar-refractivity contribution in [3.8, 4) is 0 Å². The van der Waals surface area contributed by atoms with Crippen LogP contribution in [0.25, 0.3) is 5.78 Å². The number of aryl methyl sites for hydroxylation is 2. The molecule has 1 N–H and O–H groups in total. The summed E-state index contributed by atoms with van der Waals surface area (Å²) >= 11 is 1.39. The van der Waals surface area contributed by atoms with Gasteiger partial charge in [-0.05, 0) is 45.6 Å². The zero-order valence-electron chi connectivity index (χ0n) is 14.7. The van der Waals surface area contributed by atoms with Crippen molar-refractivity contribution in [2.75, 3.05) is 0 Å². The SMILES string of the molecule is Cc1cc(C)n2nc(S[C@H](C)C(=O)N[C@@H]3CCCC[C@@H]3C)nc2n1. The highest BCUT2D eigenvalue weighted by Gasteiger charge is 2.26. The molecule has 2 aromatic rings. The first-order valence-electron chi connectivity index (χ1n) is 8.62. The predicted octanol–water partition coefficient (Wildman–Crippen LogP) is 2.92. The number of hydrogen-bond donors (Lipinski definition) is 1. The van der Waals surface area contributed by atoms with Crippen molar-refractivity contribution < 1.29 is 4.79 Å². The summed E-state index contributed by atoms with van der Waals surface area (Å²) in [6.07, 6.45) is 4.76. The number of thioether (sulfide) groups is 1. The van der Waals surface area contributed by atoms with E-state index in [0.29, 0.717) is 22.9 Å². The van der Waals surface area contributed by atoms with Crippen LogP contribution in [0.1, 0.15) is 50.9 Å². The number of fused-ring (bicyclic) bond motifs is 1. The van der Waals surface area contributed by atoms with Crippen LogP contribution in [0.2, 0.25) is 0 Å². The summed E-state index contributed by atoms with van der Waals surface area (Å²) in [6, 6.07) is 2.27. The fourth-order valence-corrected chi connectivity index (χ4v) is 3.99. The van der Waals surface area contributed by atoms with E-state index >= 15 is 0 Å². The van der Waals surface area contributed by atoms with Crippen molar-refractivity contribution >= 4 is 23.4 Å². The summed E-state index contributed by atoms with van der Waals surface area (Å²) < 4.78 is 1.73. The van der Waals surface area contributed by atoms with Gasteiger partial charge >= 0.3 is 0 Å². The fraction of sp³-hybridized carbons (Fsp3) is 0.647. The Morgan fingerprint density at radius 3 is 2.83 bits per heavy atom. The Bertz CT molecular complexity index is 744. The smallest absolute Gasteiger partial charge is 0.253 e. The molecule has 1 fully saturated rings. The lowest BCUT2D eigenvalue weighted by Gasteiger charge is -2.30. The molecule has 24 heavy (non-hydrogen) atoms. The third kappa shape index (κ3) is 3.71. The van der Waals surface area contributed by atoms with Crippen LogP contribution in [0.5, 0.6) is 0 Å². The Labute approximate surface area is 146 Å². The van der Waals surface area contributed by atoms with Crippen molar-refractivity contribution in [1.82, 2.24) is 24.9 Å². The third-order valence-corrected chi connectivity index (χ3v) is 5.64. The number of carbonyl (C=O) groups excluding carboxylic acids is 1. The lowest BCUT2D eigenvalue weighted by molar-refractivity contribution is -0.121. The maximum absolute atomic E-state index is 12.5. The lowest BCUT2D eigenvalue weighted by Crippen LogP contribution is -2.44. The van der Waals surface area contributed by atoms with E-state index in [1.54, 1.807) is 4.52 Å². The second-order valence-electron chi connectivity index (χ2n) is 6.78. The summed E-state index contributed by atoms with van der Waals surface area (Å²) in [6.45, 7) is 8.05. The van der Waals surface area contributed by atoms with Crippen LogP contribution in [-0.4, -0.2) is 36.8 Å². The summed E-state index contributed by atoms with van der Waals surface area (Å²) in [5.74, 6) is 1.21. The zero-order chi connectivity index (χ0) is 17.3. The monoisotopic (exact) mass is 347 g/mol. The first-order valence-corrected chi connectivity index (χ1v) is 9.50. The molecule has 0 spiro atoms. The number of hydrogen-bond acceptors (Lipinski definition) is 5. The van der Waals surface area contributed by atoms with E-state index < -0.39 is 0 Å². The second-order valence-corrected chi connectivity index (χ2v) is 8.09. The molecule has 130 valence electrons. The van der Waals surface area contributed by atoms with Crippen molar-refractivity contribution in [3.05, 3.63) is 17.5 Å². The van der Waals surface area contributed by atoms with Gasteiger partial charge in [-0.2, -0.15) is 4.98 Å². The van der Waals surface area contributed by atoms with Gasteiger partial charge in [-0.3, -0.25) is 4.79 Å². The topological polar surface area (TPSA) is 72.2 Å². The van der Waals surface area contributed by atoms with Crippen LogP contribution < -0.4 is 5.32 Å². The normalized spacial score (nSPS) is 22.5. The first kappa shape index (κ1) is 17.2. The minimum atomic E-state index is -0.224. The number of nitrogens with one attached hydrogen (secondary N) is 1. The highest BCUT2D eigenvalue weighted by Crippen LogP contribution is 2.25. The summed E-state index contributed by atoms with van der Waals surface area (Å²) in [4.78, 5) is 21.3. The van der Waals surface area contributed by atoms with Crippen LogP contribution in [0, 0.1) is 19.8 Å².